The van der Waals surface area contributed by atoms with Gasteiger partial charge in [-0.2, -0.15) is 0 Å². The highest BCUT2D eigenvalue weighted by atomic mass is 16.5. The van der Waals surface area contributed by atoms with Crippen molar-refractivity contribution >= 4 is 0 Å². The average molecular weight is 281 g/mol. The minimum atomic E-state index is 0.369. The Morgan fingerprint density at radius 2 is 1.45 bits per heavy atom. The molecule has 0 aromatic heterocycles. The van der Waals surface area contributed by atoms with Gasteiger partial charge in [0.25, 0.3) is 0 Å². The predicted octanol–water partition coefficient (Wildman–Crippen LogP) is 3.11. The molecule has 0 fully saturated rings. The van der Waals surface area contributed by atoms with Crippen LogP contribution >= 0.6 is 0 Å². The van der Waals surface area contributed by atoms with Gasteiger partial charge in [0.2, 0.25) is 0 Å². The van der Waals surface area contributed by atoms with Crippen LogP contribution < -0.4 is 19.5 Å². The van der Waals surface area contributed by atoms with Crippen LogP contribution in [0.1, 0.15) is 27.2 Å². The molecule has 1 aromatic carbocycles. The van der Waals surface area contributed by atoms with E-state index < -0.39 is 0 Å². The quantitative estimate of drug-likeness (QED) is 0.743. The van der Waals surface area contributed by atoms with E-state index in [0.29, 0.717) is 12.0 Å². The SMILES string of the molecule is COc1cc(OC)cc(OCCNCCC(C)(C)C)c1. The molecule has 0 amide bonds. The first kappa shape index (κ1) is 16.6. The van der Waals surface area contributed by atoms with Crippen LogP contribution in [-0.2, 0) is 0 Å². The molecule has 1 N–H and O–H groups in total. The van der Waals surface area contributed by atoms with E-state index in [0.717, 1.165) is 36.8 Å². The number of benzene rings is 1. The minimum Gasteiger partial charge on any atom is -0.496 e. The molecule has 0 heterocycles. The Labute approximate surface area is 122 Å². The summed E-state index contributed by atoms with van der Waals surface area (Å²) in [6.45, 7) is 9.19. The molecule has 4 heteroatoms. The molecule has 0 aliphatic carbocycles. The minimum absolute atomic E-state index is 0.369. The standard InChI is InChI=1S/C16H27NO3/c1-16(2,3)6-7-17-8-9-20-15-11-13(18-4)10-14(12-15)19-5/h10-12,17H,6-9H2,1-5H3. The van der Waals surface area contributed by atoms with E-state index >= 15 is 0 Å². The third-order valence-corrected chi connectivity index (χ3v) is 2.92. The fourth-order valence-corrected chi connectivity index (χ4v) is 1.69. The highest BCUT2D eigenvalue weighted by Crippen LogP contribution is 2.27. The summed E-state index contributed by atoms with van der Waals surface area (Å²) in [4.78, 5) is 0. The molecule has 114 valence electrons. The number of hydrogen-bond acceptors (Lipinski definition) is 4. The van der Waals surface area contributed by atoms with Crippen LogP contribution in [-0.4, -0.2) is 33.9 Å². The molecular formula is C16H27NO3. The van der Waals surface area contributed by atoms with Crippen molar-refractivity contribution in [3.05, 3.63) is 18.2 Å². The monoisotopic (exact) mass is 281 g/mol. The normalized spacial score (nSPS) is 11.2. The summed E-state index contributed by atoms with van der Waals surface area (Å²) < 4.78 is 16.1. The Kier molecular flexibility index (Phi) is 6.65. The molecule has 0 saturated carbocycles. The van der Waals surface area contributed by atoms with Crippen molar-refractivity contribution in [2.24, 2.45) is 5.41 Å². The molecule has 0 saturated heterocycles. The van der Waals surface area contributed by atoms with Crippen LogP contribution in [0.2, 0.25) is 0 Å². The van der Waals surface area contributed by atoms with E-state index in [-0.39, 0.29) is 0 Å². The summed E-state index contributed by atoms with van der Waals surface area (Å²) in [7, 11) is 3.26. The lowest BCUT2D eigenvalue weighted by Crippen LogP contribution is -2.25. The second kappa shape index (κ2) is 8.00. The van der Waals surface area contributed by atoms with Gasteiger partial charge in [-0.3, -0.25) is 0 Å². The number of nitrogens with one attached hydrogen (secondary N) is 1. The summed E-state index contributed by atoms with van der Waals surface area (Å²) in [5, 5.41) is 3.38. The topological polar surface area (TPSA) is 39.7 Å². The predicted molar refractivity (Wildman–Crippen MR) is 82.0 cm³/mol. The van der Waals surface area contributed by atoms with Crippen molar-refractivity contribution < 1.29 is 14.2 Å². The zero-order chi connectivity index (χ0) is 15.0. The zero-order valence-corrected chi connectivity index (χ0v) is 13.3. The van der Waals surface area contributed by atoms with Crippen LogP contribution in [0.4, 0.5) is 0 Å². The fourth-order valence-electron chi connectivity index (χ4n) is 1.69. The molecule has 4 nitrogen and oxygen atoms in total. The van der Waals surface area contributed by atoms with Gasteiger partial charge in [-0.15, -0.1) is 0 Å². The van der Waals surface area contributed by atoms with Gasteiger partial charge in [0.05, 0.1) is 14.2 Å². The zero-order valence-electron chi connectivity index (χ0n) is 13.3. The number of methoxy groups -OCH3 is 2. The van der Waals surface area contributed by atoms with Gasteiger partial charge in [-0.05, 0) is 18.4 Å². The molecule has 0 atom stereocenters. The Morgan fingerprint density at radius 1 is 0.900 bits per heavy atom. The number of ether oxygens (including phenoxy) is 3. The maximum Gasteiger partial charge on any atom is 0.126 e. The highest BCUT2D eigenvalue weighted by Gasteiger charge is 2.08. The van der Waals surface area contributed by atoms with Crippen molar-refractivity contribution in [3.8, 4) is 17.2 Å². The van der Waals surface area contributed by atoms with Crippen LogP contribution in [0.25, 0.3) is 0 Å². The summed E-state index contributed by atoms with van der Waals surface area (Å²) in [5.74, 6) is 2.24. The van der Waals surface area contributed by atoms with Gasteiger partial charge in [0, 0.05) is 24.7 Å². The van der Waals surface area contributed by atoms with Gasteiger partial charge in [0.1, 0.15) is 23.9 Å². The van der Waals surface area contributed by atoms with E-state index in [9.17, 15) is 0 Å². The molecule has 1 rings (SSSR count). The average Bonchev–Trinajstić information content (AvgIpc) is 2.41. The third kappa shape index (κ3) is 6.66. The molecular weight excluding hydrogens is 254 g/mol. The van der Waals surface area contributed by atoms with Gasteiger partial charge < -0.3 is 19.5 Å². The number of hydrogen-bond donors (Lipinski definition) is 1. The second-order valence-electron chi connectivity index (χ2n) is 5.96. The van der Waals surface area contributed by atoms with Gasteiger partial charge in [-0.1, -0.05) is 20.8 Å². The van der Waals surface area contributed by atoms with Crippen LogP contribution in [0, 0.1) is 5.41 Å². The Morgan fingerprint density at radius 3 is 1.95 bits per heavy atom. The Balaban J connectivity index is 2.31. The molecule has 0 radical (unpaired) electrons. The Hall–Kier alpha value is -1.42. The van der Waals surface area contributed by atoms with E-state index in [1.54, 1.807) is 14.2 Å². The van der Waals surface area contributed by atoms with Gasteiger partial charge in [0.15, 0.2) is 0 Å². The van der Waals surface area contributed by atoms with E-state index in [2.05, 4.69) is 26.1 Å². The first-order chi connectivity index (χ1) is 9.44. The number of rotatable bonds is 8. The van der Waals surface area contributed by atoms with Crippen LogP contribution in [0.5, 0.6) is 17.2 Å². The van der Waals surface area contributed by atoms with Crippen molar-refractivity contribution in [3.63, 3.8) is 0 Å². The van der Waals surface area contributed by atoms with Crippen molar-refractivity contribution in [1.82, 2.24) is 5.32 Å². The largest absolute Gasteiger partial charge is 0.496 e. The maximum atomic E-state index is 5.70. The van der Waals surface area contributed by atoms with Crippen LogP contribution in [0.3, 0.4) is 0 Å². The van der Waals surface area contributed by atoms with E-state index in [4.69, 9.17) is 14.2 Å². The lowest BCUT2D eigenvalue weighted by Gasteiger charge is -2.18. The molecule has 20 heavy (non-hydrogen) atoms. The summed E-state index contributed by atoms with van der Waals surface area (Å²) in [6.07, 6.45) is 1.15. The lowest BCUT2D eigenvalue weighted by molar-refractivity contribution is 0.299. The smallest absolute Gasteiger partial charge is 0.126 e. The Bertz CT molecular complexity index is 377. The van der Waals surface area contributed by atoms with E-state index in [1.807, 2.05) is 18.2 Å². The highest BCUT2D eigenvalue weighted by molar-refractivity contribution is 5.41. The maximum absolute atomic E-state index is 5.70. The van der Waals surface area contributed by atoms with Crippen molar-refractivity contribution in [2.45, 2.75) is 27.2 Å². The second-order valence-corrected chi connectivity index (χ2v) is 5.96. The molecule has 0 unspecified atom stereocenters. The lowest BCUT2D eigenvalue weighted by atomic mass is 9.92. The van der Waals surface area contributed by atoms with Gasteiger partial charge in [-0.25, -0.2) is 0 Å². The summed E-state index contributed by atoms with van der Waals surface area (Å²) in [5.41, 5.74) is 0.369. The molecule has 0 aliphatic heterocycles. The summed E-state index contributed by atoms with van der Waals surface area (Å²) >= 11 is 0. The summed E-state index contributed by atoms with van der Waals surface area (Å²) in [6, 6.07) is 5.55. The van der Waals surface area contributed by atoms with E-state index in [1.165, 1.54) is 0 Å². The molecule has 0 spiro atoms. The van der Waals surface area contributed by atoms with Crippen LogP contribution in [0.15, 0.2) is 18.2 Å². The first-order valence-electron chi connectivity index (χ1n) is 7.01. The van der Waals surface area contributed by atoms with Crippen molar-refractivity contribution in [2.75, 3.05) is 33.9 Å². The fraction of sp³-hybridized carbons (Fsp3) is 0.625. The third-order valence-electron chi connectivity index (χ3n) is 2.92. The molecule has 0 bridgehead atoms. The molecule has 1 aromatic rings. The van der Waals surface area contributed by atoms with Crippen molar-refractivity contribution in [1.29, 1.82) is 0 Å². The van der Waals surface area contributed by atoms with Gasteiger partial charge >= 0.3 is 0 Å². The molecule has 0 aliphatic rings. The first-order valence-corrected chi connectivity index (χ1v) is 7.01.